The van der Waals surface area contributed by atoms with E-state index in [1.165, 1.54) is 0 Å². The summed E-state index contributed by atoms with van der Waals surface area (Å²) in [6, 6.07) is 7.50. The van der Waals surface area contributed by atoms with Gasteiger partial charge < -0.3 is 11.1 Å². The second-order valence-corrected chi connectivity index (χ2v) is 5.41. The van der Waals surface area contributed by atoms with Crippen LogP contribution in [-0.2, 0) is 4.79 Å². The highest BCUT2D eigenvalue weighted by molar-refractivity contribution is 5.94. The van der Waals surface area contributed by atoms with Gasteiger partial charge in [0.25, 0.3) is 0 Å². The monoisotopic (exact) mass is 285 g/mol. The Morgan fingerprint density at radius 3 is 2.86 bits per heavy atom. The molecule has 1 aromatic heterocycles. The Balaban J connectivity index is 1.80. The molecule has 2 atom stereocenters. The zero-order valence-electron chi connectivity index (χ0n) is 11.8. The second-order valence-electron chi connectivity index (χ2n) is 5.41. The number of carbonyl (C=O) groups is 1. The number of rotatable bonds is 3. The van der Waals surface area contributed by atoms with Crippen LogP contribution in [0.25, 0.3) is 5.69 Å². The van der Waals surface area contributed by atoms with Gasteiger partial charge in [0.1, 0.15) is 0 Å². The summed E-state index contributed by atoms with van der Waals surface area (Å²) in [5.41, 5.74) is 7.60. The molecule has 1 saturated carbocycles. The fraction of sp³-hybridized carbons (Fsp3) is 0.400. The molecule has 3 N–H and O–H groups in total. The summed E-state index contributed by atoms with van der Waals surface area (Å²) in [6.45, 7) is 0. The van der Waals surface area contributed by atoms with E-state index in [4.69, 9.17) is 5.73 Å². The molecule has 1 amide bonds. The average molecular weight is 285 g/mol. The molecular formula is C15H19N5O. The van der Waals surface area contributed by atoms with E-state index in [0.717, 1.165) is 37.1 Å². The number of amides is 1. The van der Waals surface area contributed by atoms with Gasteiger partial charge in [-0.15, -0.1) is 5.10 Å². The van der Waals surface area contributed by atoms with Crippen LogP contribution in [0.15, 0.2) is 36.7 Å². The summed E-state index contributed by atoms with van der Waals surface area (Å²) in [5.74, 6) is -0.114. The molecule has 6 heteroatoms. The lowest BCUT2D eigenvalue weighted by Crippen LogP contribution is -2.40. The minimum atomic E-state index is -0.109. The van der Waals surface area contributed by atoms with Gasteiger partial charge in [0.15, 0.2) is 0 Å². The number of para-hydroxylation sites is 2. The van der Waals surface area contributed by atoms with Gasteiger partial charge in [-0.25, -0.2) is 4.68 Å². The molecule has 1 aliphatic carbocycles. The van der Waals surface area contributed by atoms with Crippen LogP contribution in [0.1, 0.15) is 25.7 Å². The van der Waals surface area contributed by atoms with Crippen LogP contribution in [0.5, 0.6) is 0 Å². The lowest BCUT2D eigenvalue weighted by molar-refractivity contribution is -0.121. The third-order valence-corrected chi connectivity index (χ3v) is 3.99. The van der Waals surface area contributed by atoms with Gasteiger partial charge in [0.05, 0.1) is 29.7 Å². The van der Waals surface area contributed by atoms with E-state index in [2.05, 4.69) is 15.6 Å². The Hall–Kier alpha value is -2.21. The molecule has 0 bridgehead atoms. The van der Waals surface area contributed by atoms with Crippen LogP contribution in [0.3, 0.4) is 0 Å². The molecule has 3 rings (SSSR count). The first-order chi connectivity index (χ1) is 10.3. The minimum Gasteiger partial charge on any atom is -0.327 e. The molecule has 0 saturated heterocycles. The molecule has 1 heterocycles. The Bertz CT molecular complexity index is 610. The maximum atomic E-state index is 12.5. The quantitative estimate of drug-likeness (QED) is 0.899. The van der Waals surface area contributed by atoms with Crippen LogP contribution in [0.2, 0.25) is 0 Å². The number of nitrogens with two attached hydrogens (primary N) is 1. The Kier molecular flexibility index (Phi) is 3.96. The molecule has 1 fully saturated rings. The summed E-state index contributed by atoms with van der Waals surface area (Å²) in [5, 5.41) is 10.8. The van der Waals surface area contributed by atoms with Crippen molar-refractivity contribution in [1.29, 1.82) is 0 Å². The minimum absolute atomic E-state index is 0.00485. The highest BCUT2D eigenvalue weighted by atomic mass is 16.1. The van der Waals surface area contributed by atoms with E-state index in [1.807, 2.05) is 24.3 Å². The lowest BCUT2D eigenvalue weighted by atomic mass is 9.84. The predicted molar refractivity (Wildman–Crippen MR) is 79.9 cm³/mol. The van der Waals surface area contributed by atoms with E-state index in [1.54, 1.807) is 17.1 Å². The smallest absolute Gasteiger partial charge is 0.229 e. The maximum absolute atomic E-state index is 12.5. The van der Waals surface area contributed by atoms with Crippen molar-refractivity contribution in [2.45, 2.75) is 31.7 Å². The van der Waals surface area contributed by atoms with E-state index < -0.39 is 0 Å². The molecule has 21 heavy (non-hydrogen) atoms. The Labute approximate surface area is 123 Å². The molecule has 1 aliphatic rings. The largest absolute Gasteiger partial charge is 0.327 e. The highest BCUT2D eigenvalue weighted by Crippen LogP contribution is 2.26. The predicted octanol–water partition coefficient (Wildman–Crippen LogP) is 1.72. The van der Waals surface area contributed by atoms with Gasteiger partial charge in [-0.3, -0.25) is 4.79 Å². The molecule has 0 aliphatic heterocycles. The zero-order chi connectivity index (χ0) is 14.7. The molecule has 110 valence electrons. The van der Waals surface area contributed by atoms with Crippen molar-refractivity contribution in [2.75, 3.05) is 5.32 Å². The molecule has 2 aromatic rings. The summed E-state index contributed by atoms with van der Waals surface area (Å²) < 4.78 is 1.64. The molecule has 6 nitrogen and oxygen atoms in total. The van der Waals surface area contributed by atoms with E-state index in [-0.39, 0.29) is 17.9 Å². The molecular weight excluding hydrogens is 266 g/mol. The van der Waals surface area contributed by atoms with Crippen molar-refractivity contribution in [1.82, 2.24) is 15.0 Å². The third kappa shape index (κ3) is 2.95. The Morgan fingerprint density at radius 2 is 2.10 bits per heavy atom. The van der Waals surface area contributed by atoms with Gasteiger partial charge >= 0.3 is 0 Å². The van der Waals surface area contributed by atoms with Gasteiger partial charge in [0.2, 0.25) is 5.91 Å². The van der Waals surface area contributed by atoms with Crippen molar-refractivity contribution in [3.63, 3.8) is 0 Å². The summed E-state index contributed by atoms with van der Waals surface area (Å²) in [4.78, 5) is 12.5. The van der Waals surface area contributed by atoms with Crippen LogP contribution in [0, 0.1) is 5.92 Å². The number of hydrogen-bond donors (Lipinski definition) is 2. The average Bonchev–Trinajstić information content (AvgIpc) is 3.02. The lowest BCUT2D eigenvalue weighted by Gasteiger charge is -2.27. The van der Waals surface area contributed by atoms with Crippen molar-refractivity contribution in [2.24, 2.45) is 11.7 Å². The maximum Gasteiger partial charge on any atom is 0.229 e. The van der Waals surface area contributed by atoms with E-state index in [0.29, 0.717) is 0 Å². The first-order valence-electron chi connectivity index (χ1n) is 7.28. The van der Waals surface area contributed by atoms with Crippen molar-refractivity contribution < 1.29 is 4.79 Å². The number of carbonyl (C=O) groups excluding carboxylic acids is 1. The summed E-state index contributed by atoms with van der Waals surface area (Å²) in [7, 11) is 0. The first-order valence-corrected chi connectivity index (χ1v) is 7.28. The summed E-state index contributed by atoms with van der Waals surface area (Å²) >= 11 is 0. The van der Waals surface area contributed by atoms with Gasteiger partial charge in [-0.2, -0.15) is 0 Å². The fourth-order valence-electron chi connectivity index (χ4n) is 2.83. The standard InChI is InChI=1S/C15H19N5O/c16-12-6-2-1-5-11(12)15(21)18-13-7-3-4-8-14(13)20-10-9-17-19-20/h3-4,7-12H,1-2,5-6,16H2,(H,18,21). The molecule has 0 spiro atoms. The molecule has 2 unspecified atom stereocenters. The van der Waals surface area contributed by atoms with Crippen LogP contribution in [-0.4, -0.2) is 26.9 Å². The fourth-order valence-corrected chi connectivity index (χ4v) is 2.83. The topological polar surface area (TPSA) is 85.8 Å². The zero-order valence-corrected chi connectivity index (χ0v) is 11.8. The van der Waals surface area contributed by atoms with Gasteiger partial charge in [0, 0.05) is 6.04 Å². The van der Waals surface area contributed by atoms with Crippen LogP contribution in [0.4, 0.5) is 5.69 Å². The second kappa shape index (κ2) is 6.05. The van der Waals surface area contributed by atoms with Crippen molar-refractivity contribution >= 4 is 11.6 Å². The number of nitrogens with zero attached hydrogens (tertiary/aromatic N) is 3. The normalized spacial score (nSPS) is 22.0. The van der Waals surface area contributed by atoms with E-state index in [9.17, 15) is 4.79 Å². The molecule has 1 aromatic carbocycles. The van der Waals surface area contributed by atoms with Gasteiger partial charge in [-0.05, 0) is 25.0 Å². The van der Waals surface area contributed by atoms with Crippen molar-refractivity contribution in [3.8, 4) is 5.69 Å². The third-order valence-electron chi connectivity index (χ3n) is 3.99. The first kappa shape index (κ1) is 13.8. The number of aromatic nitrogens is 3. The summed E-state index contributed by atoms with van der Waals surface area (Å²) in [6.07, 6.45) is 7.31. The van der Waals surface area contributed by atoms with Crippen molar-refractivity contribution in [3.05, 3.63) is 36.7 Å². The number of benzene rings is 1. The van der Waals surface area contributed by atoms with Gasteiger partial charge in [-0.1, -0.05) is 30.2 Å². The molecule has 0 radical (unpaired) electrons. The number of hydrogen-bond acceptors (Lipinski definition) is 4. The van der Waals surface area contributed by atoms with Crippen LogP contribution < -0.4 is 11.1 Å². The SMILES string of the molecule is NC1CCCCC1C(=O)Nc1ccccc1-n1ccnn1. The number of nitrogens with one attached hydrogen (secondary N) is 1. The van der Waals surface area contributed by atoms with E-state index >= 15 is 0 Å². The van der Waals surface area contributed by atoms with Crippen LogP contribution >= 0.6 is 0 Å². The number of anilines is 1. The highest BCUT2D eigenvalue weighted by Gasteiger charge is 2.28. The Morgan fingerprint density at radius 1 is 1.29 bits per heavy atom.